The zero-order chi connectivity index (χ0) is 12.4. The van der Waals surface area contributed by atoms with Gasteiger partial charge in [0, 0.05) is 24.4 Å². The molecule has 18 heavy (non-hydrogen) atoms. The quantitative estimate of drug-likeness (QED) is 0.613. The topological polar surface area (TPSA) is 45.5 Å². The van der Waals surface area contributed by atoms with Crippen LogP contribution in [0, 0.1) is 0 Å². The molecule has 0 radical (unpaired) electrons. The number of oxime groups is 1. The molecule has 2 aromatic rings. The summed E-state index contributed by atoms with van der Waals surface area (Å²) in [5.41, 5.74) is 4.21. The minimum absolute atomic E-state index is 0.381. The van der Waals surface area contributed by atoms with E-state index >= 15 is 0 Å². The van der Waals surface area contributed by atoms with Gasteiger partial charge in [-0.15, -0.1) is 0 Å². The van der Waals surface area contributed by atoms with E-state index in [2.05, 4.69) is 22.3 Å². The van der Waals surface area contributed by atoms with Crippen LogP contribution in [0.4, 0.5) is 0 Å². The molecular formula is C15H14N2O. The second-order valence-electron chi connectivity index (χ2n) is 4.60. The average molecular weight is 238 g/mol. The van der Waals surface area contributed by atoms with E-state index in [1.54, 1.807) is 12.4 Å². The predicted molar refractivity (Wildman–Crippen MR) is 70.1 cm³/mol. The largest absolute Gasteiger partial charge is 0.411 e. The van der Waals surface area contributed by atoms with Gasteiger partial charge in [0.15, 0.2) is 0 Å². The molecule has 1 heterocycles. The first kappa shape index (κ1) is 11.0. The fourth-order valence-electron chi connectivity index (χ4n) is 2.60. The monoisotopic (exact) mass is 238 g/mol. The van der Waals surface area contributed by atoms with Crippen LogP contribution in [0.1, 0.15) is 29.0 Å². The summed E-state index contributed by atoms with van der Waals surface area (Å²) in [6.07, 6.45) is 5.31. The van der Waals surface area contributed by atoms with E-state index in [-0.39, 0.29) is 0 Å². The maximum Gasteiger partial charge on any atom is 0.0892 e. The summed E-state index contributed by atoms with van der Waals surface area (Å²) in [6, 6.07) is 12.4. The number of fused-ring (bicyclic) bond motifs is 1. The Morgan fingerprint density at radius 3 is 2.72 bits per heavy atom. The molecule has 0 spiro atoms. The molecule has 0 aliphatic heterocycles. The van der Waals surface area contributed by atoms with Gasteiger partial charge in [0.05, 0.1) is 5.71 Å². The molecule has 0 unspecified atom stereocenters. The second kappa shape index (κ2) is 4.61. The lowest BCUT2D eigenvalue weighted by Crippen LogP contribution is -2.19. The van der Waals surface area contributed by atoms with Crippen LogP contribution < -0.4 is 0 Å². The molecule has 1 aromatic heterocycles. The molecular weight excluding hydrogens is 224 g/mol. The van der Waals surface area contributed by atoms with Crippen molar-refractivity contribution in [2.24, 2.45) is 5.16 Å². The minimum atomic E-state index is 0.381. The van der Waals surface area contributed by atoms with Crippen molar-refractivity contribution >= 4 is 5.71 Å². The summed E-state index contributed by atoms with van der Waals surface area (Å²) >= 11 is 0. The Labute approximate surface area is 106 Å². The number of hydrogen-bond acceptors (Lipinski definition) is 3. The normalized spacial score (nSPS) is 20.7. The number of pyridine rings is 1. The van der Waals surface area contributed by atoms with Crippen molar-refractivity contribution in [2.75, 3.05) is 0 Å². The van der Waals surface area contributed by atoms with Crippen molar-refractivity contribution in [3.63, 3.8) is 0 Å². The standard InChI is InChI=1S/C15H14N2O/c18-17-15-9-13(11-4-2-1-3-5-11)8-12-6-7-16-10-14(12)15/h1-7,10,13,18H,8-9H2/t13-/m1/s1. The highest BCUT2D eigenvalue weighted by atomic mass is 16.4. The van der Waals surface area contributed by atoms with Crippen molar-refractivity contribution in [3.05, 3.63) is 65.5 Å². The molecule has 1 N–H and O–H groups in total. The Morgan fingerprint density at radius 1 is 1.11 bits per heavy atom. The van der Waals surface area contributed by atoms with Gasteiger partial charge < -0.3 is 5.21 Å². The van der Waals surface area contributed by atoms with Crippen molar-refractivity contribution < 1.29 is 5.21 Å². The van der Waals surface area contributed by atoms with Gasteiger partial charge in [0.25, 0.3) is 0 Å². The molecule has 0 saturated heterocycles. The van der Waals surface area contributed by atoms with Crippen LogP contribution in [0.2, 0.25) is 0 Å². The number of hydrogen-bond donors (Lipinski definition) is 1. The summed E-state index contributed by atoms with van der Waals surface area (Å²) in [5.74, 6) is 0.381. The van der Waals surface area contributed by atoms with Crippen LogP contribution in [-0.4, -0.2) is 15.9 Å². The zero-order valence-corrected chi connectivity index (χ0v) is 9.95. The Kier molecular flexibility index (Phi) is 2.81. The predicted octanol–water partition coefficient (Wildman–Crippen LogP) is 2.99. The Bertz CT molecular complexity index is 578. The third-order valence-electron chi connectivity index (χ3n) is 3.52. The van der Waals surface area contributed by atoms with Gasteiger partial charge in [0.1, 0.15) is 0 Å². The fraction of sp³-hybridized carbons (Fsp3) is 0.200. The van der Waals surface area contributed by atoms with Crippen molar-refractivity contribution in [1.82, 2.24) is 4.98 Å². The van der Waals surface area contributed by atoms with Crippen LogP contribution in [0.15, 0.2) is 53.9 Å². The smallest absolute Gasteiger partial charge is 0.0892 e. The van der Waals surface area contributed by atoms with Crippen LogP contribution in [0.25, 0.3) is 0 Å². The molecule has 0 amide bonds. The number of benzene rings is 1. The van der Waals surface area contributed by atoms with E-state index in [4.69, 9.17) is 5.21 Å². The summed E-state index contributed by atoms with van der Waals surface area (Å²) in [5, 5.41) is 12.6. The van der Waals surface area contributed by atoms with E-state index in [0.29, 0.717) is 5.92 Å². The number of nitrogens with zero attached hydrogens (tertiary/aromatic N) is 2. The first-order valence-electron chi connectivity index (χ1n) is 6.07. The molecule has 0 fully saturated rings. The lowest BCUT2D eigenvalue weighted by atomic mass is 9.80. The molecule has 3 rings (SSSR count). The molecule has 1 atom stereocenters. The fourth-order valence-corrected chi connectivity index (χ4v) is 2.60. The Hall–Kier alpha value is -2.16. The van der Waals surface area contributed by atoms with Crippen LogP contribution in [0.5, 0.6) is 0 Å². The van der Waals surface area contributed by atoms with Gasteiger partial charge >= 0.3 is 0 Å². The Balaban J connectivity index is 2.00. The van der Waals surface area contributed by atoms with E-state index in [1.165, 1.54) is 11.1 Å². The molecule has 0 bridgehead atoms. The molecule has 3 nitrogen and oxygen atoms in total. The van der Waals surface area contributed by atoms with E-state index < -0.39 is 0 Å². The van der Waals surface area contributed by atoms with E-state index in [0.717, 1.165) is 24.1 Å². The third kappa shape index (κ3) is 1.88. The van der Waals surface area contributed by atoms with Gasteiger partial charge in [-0.25, -0.2) is 0 Å². The van der Waals surface area contributed by atoms with Crippen molar-refractivity contribution in [2.45, 2.75) is 18.8 Å². The lowest BCUT2D eigenvalue weighted by molar-refractivity contribution is 0.317. The van der Waals surface area contributed by atoms with E-state index in [9.17, 15) is 0 Å². The maximum absolute atomic E-state index is 9.16. The highest BCUT2D eigenvalue weighted by Gasteiger charge is 2.25. The van der Waals surface area contributed by atoms with Gasteiger partial charge in [-0.1, -0.05) is 35.5 Å². The number of rotatable bonds is 1. The maximum atomic E-state index is 9.16. The molecule has 1 aliphatic carbocycles. The first-order valence-corrected chi connectivity index (χ1v) is 6.07. The SMILES string of the molecule is ON=C1C[C@H](c2ccccc2)Cc2ccncc21. The Morgan fingerprint density at radius 2 is 1.94 bits per heavy atom. The first-order chi connectivity index (χ1) is 8.88. The van der Waals surface area contributed by atoms with Gasteiger partial charge in [-0.3, -0.25) is 4.98 Å². The number of aromatic nitrogens is 1. The summed E-state index contributed by atoms with van der Waals surface area (Å²) in [7, 11) is 0. The zero-order valence-electron chi connectivity index (χ0n) is 9.95. The van der Waals surface area contributed by atoms with Gasteiger partial charge in [0.2, 0.25) is 0 Å². The molecule has 1 aliphatic rings. The molecule has 0 saturated carbocycles. The minimum Gasteiger partial charge on any atom is -0.411 e. The highest BCUT2D eigenvalue weighted by molar-refractivity contribution is 6.02. The summed E-state index contributed by atoms with van der Waals surface area (Å²) in [6.45, 7) is 0. The molecule has 90 valence electrons. The van der Waals surface area contributed by atoms with Crippen molar-refractivity contribution in [3.8, 4) is 0 Å². The summed E-state index contributed by atoms with van der Waals surface area (Å²) < 4.78 is 0. The summed E-state index contributed by atoms with van der Waals surface area (Å²) in [4.78, 5) is 4.10. The molecule has 3 heteroatoms. The van der Waals surface area contributed by atoms with Crippen LogP contribution in [-0.2, 0) is 6.42 Å². The lowest BCUT2D eigenvalue weighted by Gasteiger charge is -2.25. The third-order valence-corrected chi connectivity index (χ3v) is 3.52. The van der Waals surface area contributed by atoms with Crippen LogP contribution in [0.3, 0.4) is 0 Å². The molecule has 1 aromatic carbocycles. The van der Waals surface area contributed by atoms with Crippen molar-refractivity contribution in [1.29, 1.82) is 0 Å². The van der Waals surface area contributed by atoms with Gasteiger partial charge in [-0.05, 0) is 29.5 Å². The average Bonchev–Trinajstić information content (AvgIpc) is 2.47. The van der Waals surface area contributed by atoms with Crippen LogP contribution >= 0.6 is 0 Å². The van der Waals surface area contributed by atoms with E-state index in [1.807, 2.05) is 24.3 Å². The second-order valence-corrected chi connectivity index (χ2v) is 4.60. The highest BCUT2D eigenvalue weighted by Crippen LogP contribution is 2.32. The van der Waals surface area contributed by atoms with Gasteiger partial charge in [-0.2, -0.15) is 0 Å².